The molecule has 8 heteroatoms. The molecule has 5 nitrogen and oxygen atoms in total. The Morgan fingerprint density at radius 2 is 1.92 bits per heavy atom. The highest BCUT2D eigenvalue weighted by Crippen LogP contribution is 2.20. The summed E-state index contributed by atoms with van der Waals surface area (Å²) in [5, 5.41) is 2.04. The van der Waals surface area contributed by atoms with Crippen LogP contribution in [0.5, 0.6) is 0 Å². The number of benzene rings is 2. The van der Waals surface area contributed by atoms with Crippen LogP contribution in [0.3, 0.4) is 0 Å². The number of ether oxygens (including phenoxy) is 1. The number of amides is 1. The lowest BCUT2D eigenvalue weighted by atomic mass is 10.2. The van der Waals surface area contributed by atoms with Crippen molar-refractivity contribution in [2.24, 2.45) is 0 Å². The van der Waals surface area contributed by atoms with E-state index in [0.717, 1.165) is 22.3 Å². The highest BCUT2D eigenvalue weighted by Gasteiger charge is 2.15. The van der Waals surface area contributed by atoms with Crippen molar-refractivity contribution in [2.75, 3.05) is 11.9 Å². The fourth-order valence-corrected chi connectivity index (χ4v) is 2.71. The minimum atomic E-state index is -0.912. The summed E-state index contributed by atoms with van der Waals surface area (Å²) in [5.41, 5.74) is 2.08. The SMILES string of the molecule is O=C(COC(=O)c1ccc2ncsc2c1)Nc1c(F)cccc1F. The normalized spacial score (nSPS) is 10.6. The van der Waals surface area contributed by atoms with Crippen LogP contribution >= 0.6 is 11.3 Å². The summed E-state index contributed by atoms with van der Waals surface area (Å²) in [6, 6.07) is 7.99. The van der Waals surface area contributed by atoms with Crippen LogP contribution in [0.15, 0.2) is 41.9 Å². The molecule has 0 saturated carbocycles. The Balaban J connectivity index is 1.62. The first kappa shape index (κ1) is 16.0. The molecule has 0 atom stereocenters. The van der Waals surface area contributed by atoms with Crippen LogP contribution in [-0.4, -0.2) is 23.5 Å². The topological polar surface area (TPSA) is 68.3 Å². The smallest absolute Gasteiger partial charge is 0.338 e. The van der Waals surface area contributed by atoms with E-state index in [1.807, 2.05) is 5.32 Å². The number of fused-ring (bicyclic) bond motifs is 1. The molecule has 0 bridgehead atoms. The molecule has 0 aliphatic rings. The molecule has 0 fully saturated rings. The van der Waals surface area contributed by atoms with Gasteiger partial charge in [-0.2, -0.15) is 0 Å². The van der Waals surface area contributed by atoms with Gasteiger partial charge in [0.1, 0.15) is 17.3 Å². The number of thiazole rings is 1. The van der Waals surface area contributed by atoms with Gasteiger partial charge in [-0.05, 0) is 30.3 Å². The largest absolute Gasteiger partial charge is 0.452 e. The molecular formula is C16H10F2N2O3S. The standard InChI is InChI=1S/C16H10F2N2O3S/c17-10-2-1-3-11(18)15(10)20-14(21)7-23-16(22)9-4-5-12-13(6-9)24-8-19-12/h1-6,8H,7H2,(H,20,21). The molecule has 2 aromatic carbocycles. The summed E-state index contributed by atoms with van der Waals surface area (Å²) in [6.07, 6.45) is 0. The first-order valence-corrected chi connectivity index (χ1v) is 7.67. The maximum Gasteiger partial charge on any atom is 0.338 e. The van der Waals surface area contributed by atoms with Crippen molar-refractivity contribution in [3.63, 3.8) is 0 Å². The molecular weight excluding hydrogens is 338 g/mol. The lowest BCUT2D eigenvalue weighted by Crippen LogP contribution is -2.22. The predicted octanol–water partition coefficient (Wildman–Crippen LogP) is 3.37. The second-order valence-electron chi connectivity index (χ2n) is 4.76. The fourth-order valence-electron chi connectivity index (χ4n) is 1.99. The highest BCUT2D eigenvalue weighted by atomic mass is 32.1. The van der Waals surface area contributed by atoms with E-state index < -0.39 is 35.8 Å². The number of rotatable bonds is 4. The zero-order chi connectivity index (χ0) is 17.1. The van der Waals surface area contributed by atoms with E-state index in [-0.39, 0.29) is 5.56 Å². The summed E-state index contributed by atoms with van der Waals surface area (Å²) in [4.78, 5) is 27.7. The van der Waals surface area contributed by atoms with Gasteiger partial charge < -0.3 is 10.1 Å². The van der Waals surface area contributed by atoms with Gasteiger partial charge in [0.15, 0.2) is 6.61 Å². The number of nitrogens with one attached hydrogen (secondary N) is 1. The Kier molecular flexibility index (Phi) is 4.48. The molecule has 24 heavy (non-hydrogen) atoms. The molecule has 0 aliphatic carbocycles. The number of nitrogens with zero attached hydrogens (tertiary/aromatic N) is 1. The molecule has 1 N–H and O–H groups in total. The quantitative estimate of drug-likeness (QED) is 0.734. The van der Waals surface area contributed by atoms with Gasteiger partial charge >= 0.3 is 5.97 Å². The number of carbonyl (C=O) groups excluding carboxylic acids is 2. The Morgan fingerprint density at radius 1 is 1.17 bits per heavy atom. The Labute approximate surface area is 138 Å². The van der Waals surface area contributed by atoms with Gasteiger partial charge in [0, 0.05) is 0 Å². The maximum atomic E-state index is 13.4. The number of aromatic nitrogens is 1. The first-order valence-electron chi connectivity index (χ1n) is 6.79. The number of esters is 1. The molecule has 1 heterocycles. The number of carbonyl (C=O) groups is 2. The molecule has 1 amide bonds. The van der Waals surface area contributed by atoms with Crippen LogP contribution in [0, 0.1) is 11.6 Å². The summed E-state index contributed by atoms with van der Waals surface area (Å²) in [6.45, 7) is -0.659. The van der Waals surface area contributed by atoms with E-state index >= 15 is 0 Å². The number of hydrogen-bond donors (Lipinski definition) is 1. The molecule has 0 spiro atoms. The van der Waals surface area contributed by atoms with E-state index in [1.54, 1.807) is 17.6 Å². The van der Waals surface area contributed by atoms with Crippen molar-refractivity contribution in [2.45, 2.75) is 0 Å². The minimum absolute atomic E-state index is 0.261. The van der Waals surface area contributed by atoms with E-state index in [9.17, 15) is 18.4 Å². The van der Waals surface area contributed by atoms with Crippen molar-refractivity contribution in [1.29, 1.82) is 0 Å². The van der Waals surface area contributed by atoms with E-state index in [4.69, 9.17) is 4.74 Å². The number of anilines is 1. The molecule has 0 aliphatic heterocycles. The summed E-state index contributed by atoms with van der Waals surface area (Å²) >= 11 is 1.37. The molecule has 3 aromatic rings. The third-order valence-corrected chi connectivity index (χ3v) is 3.92. The van der Waals surface area contributed by atoms with Crippen LogP contribution in [-0.2, 0) is 9.53 Å². The van der Waals surface area contributed by atoms with Crippen LogP contribution in [0.2, 0.25) is 0 Å². The third kappa shape index (κ3) is 3.38. The van der Waals surface area contributed by atoms with Crippen LogP contribution in [0.25, 0.3) is 10.2 Å². The van der Waals surface area contributed by atoms with Crippen molar-refractivity contribution in [3.8, 4) is 0 Å². The monoisotopic (exact) mass is 348 g/mol. The van der Waals surface area contributed by atoms with Crippen LogP contribution < -0.4 is 5.32 Å². The highest BCUT2D eigenvalue weighted by molar-refractivity contribution is 7.16. The Morgan fingerprint density at radius 3 is 2.67 bits per heavy atom. The summed E-state index contributed by atoms with van der Waals surface area (Å²) in [7, 11) is 0. The van der Waals surface area contributed by atoms with Gasteiger partial charge in [-0.25, -0.2) is 18.6 Å². The molecule has 0 saturated heterocycles. The van der Waals surface area contributed by atoms with Gasteiger partial charge in [-0.15, -0.1) is 11.3 Å². The zero-order valence-corrected chi connectivity index (χ0v) is 12.9. The molecule has 0 unspecified atom stereocenters. The lowest BCUT2D eigenvalue weighted by molar-refractivity contribution is -0.119. The van der Waals surface area contributed by atoms with Gasteiger partial charge in [-0.3, -0.25) is 4.79 Å². The zero-order valence-electron chi connectivity index (χ0n) is 12.1. The Hall–Kier alpha value is -2.87. The lowest BCUT2D eigenvalue weighted by Gasteiger charge is -2.08. The first-order chi connectivity index (χ1) is 11.5. The summed E-state index contributed by atoms with van der Waals surface area (Å²) in [5.74, 6) is -3.38. The molecule has 0 radical (unpaired) electrons. The van der Waals surface area contributed by atoms with Crippen molar-refractivity contribution < 1.29 is 23.1 Å². The second-order valence-corrected chi connectivity index (χ2v) is 5.64. The van der Waals surface area contributed by atoms with Gasteiger partial charge in [0.2, 0.25) is 0 Å². The average molecular weight is 348 g/mol. The number of halogens is 2. The maximum absolute atomic E-state index is 13.4. The van der Waals surface area contributed by atoms with Gasteiger partial charge in [-0.1, -0.05) is 6.07 Å². The van der Waals surface area contributed by atoms with Crippen LogP contribution in [0.4, 0.5) is 14.5 Å². The Bertz CT molecular complexity index is 906. The number of para-hydroxylation sites is 1. The van der Waals surface area contributed by atoms with Gasteiger partial charge in [0.25, 0.3) is 5.91 Å². The van der Waals surface area contributed by atoms with E-state index in [0.29, 0.717) is 0 Å². The van der Waals surface area contributed by atoms with E-state index in [1.165, 1.54) is 23.5 Å². The predicted molar refractivity (Wildman–Crippen MR) is 84.9 cm³/mol. The second kappa shape index (κ2) is 6.71. The van der Waals surface area contributed by atoms with Crippen LogP contribution in [0.1, 0.15) is 10.4 Å². The third-order valence-electron chi connectivity index (χ3n) is 3.13. The summed E-state index contributed by atoms with van der Waals surface area (Å²) < 4.78 is 32.5. The van der Waals surface area contributed by atoms with Gasteiger partial charge in [0.05, 0.1) is 21.3 Å². The number of hydrogen-bond acceptors (Lipinski definition) is 5. The van der Waals surface area contributed by atoms with Crippen molar-refractivity contribution in [3.05, 3.63) is 59.1 Å². The molecule has 3 rings (SSSR count). The fraction of sp³-hybridized carbons (Fsp3) is 0.0625. The minimum Gasteiger partial charge on any atom is -0.452 e. The van der Waals surface area contributed by atoms with Crippen molar-refractivity contribution in [1.82, 2.24) is 4.98 Å². The molecule has 122 valence electrons. The average Bonchev–Trinajstić information content (AvgIpc) is 3.03. The van der Waals surface area contributed by atoms with E-state index in [2.05, 4.69) is 4.98 Å². The molecule has 1 aromatic heterocycles. The van der Waals surface area contributed by atoms with Crippen molar-refractivity contribution >= 4 is 39.1 Å².